The summed E-state index contributed by atoms with van der Waals surface area (Å²) in [5, 5.41) is 0. The van der Waals surface area contributed by atoms with E-state index in [0.717, 1.165) is 145 Å². The van der Waals surface area contributed by atoms with Crippen molar-refractivity contribution in [3.8, 4) is 62.3 Å². The van der Waals surface area contributed by atoms with Gasteiger partial charge in [-0.15, -0.1) is 45.3 Å². The van der Waals surface area contributed by atoms with E-state index in [4.69, 9.17) is 27.0 Å². The van der Waals surface area contributed by atoms with Gasteiger partial charge in [0.25, 0.3) is 0 Å². The van der Waals surface area contributed by atoms with Gasteiger partial charge in [-0.3, -0.25) is 0 Å². The largest absolute Gasteiger partial charge is 0.481 e. The summed E-state index contributed by atoms with van der Waals surface area (Å²) in [5.41, 5.74) is 6.34. The molecule has 0 bridgehead atoms. The second kappa shape index (κ2) is 37.5. The Morgan fingerprint density at radius 1 is 0.340 bits per heavy atom. The SMILES string of the molecule is CCCCCCCCCCCCC1(CCCCCCCCCCCC)Oc2cc(C)sc2-c2sc(-c3c(F)c(F)c(-c4cc5c(s4)-c4sc(-c6ccc(C)c7nsnc67)cc4OC5(CCCCCCCCCCCC)CCCCCCCCCCCC)c4nsnc34)cc21. The molecule has 0 N–H and O–H groups in total. The minimum atomic E-state index is -0.854. The normalized spacial score (nSPS) is 13.8. The molecule has 2 aromatic carbocycles. The lowest BCUT2D eigenvalue weighted by Gasteiger charge is -2.38. The number of ether oxygens (including phenoxy) is 2. The smallest absolute Gasteiger partial charge is 0.170 e. The molecule has 8 aromatic rings. The van der Waals surface area contributed by atoms with E-state index >= 15 is 8.78 Å². The highest BCUT2D eigenvalue weighted by Crippen LogP contribution is 2.61. The van der Waals surface area contributed by atoms with Gasteiger partial charge in [-0.25, -0.2) is 8.78 Å². The van der Waals surface area contributed by atoms with E-state index in [-0.39, 0.29) is 11.1 Å². The molecule has 0 saturated carbocycles. The van der Waals surface area contributed by atoms with Crippen molar-refractivity contribution >= 4 is 90.9 Å². The molecule has 14 heteroatoms. The molecule has 0 aliphatic carbocycles. The summed E-state index contributed by atoms with van der Waals surface area (Å²) in [6.45, 7) is 13.4. The molecular weight excluding hydrogens is 1280 g/mol. The summed E-state index contributed by atoms with van der Waals surface area (Å²) in [6, 6.07) is 13.2. The third-order valence-electron chi connectivity index (χ3n) is 20.7. The van der Waals surface area contributed by atoms with Crippen LogP contribution in [-0.4, -0.2) is 17.5 Å². The molecule has 0 amide bonds. The number of aryl methyl sites for hydroxylation is 2. The number of fused-ring (bicyclic) bond motifs is 8. The van der Waals surface area contributed by atoms with Crippen molar-refractivity contribution in [3.63, 3.8) is 0 Å². The van der Waals surface area contributed by atoms with Gasteiger partial charge in [0.1, 0.15) is 44.8 Å². The molecular formula is C80H112F2N4O2S6. The van der Waals surface area contributed by atoms with Crippen molar-refractivity contribution in [2.45, 2.75) is 335 Å². The molecule has 0 saturated heterocycles. The fourth-order valence-electron chi connectivity index (χ4n) is 15.2. The van der Waals surface area contributed by atoms with Gasteiger partial charge < -0.3 is 9.47 Å². The Bertz CT molecular complexity index is 3520. The van der Waals surface area contributed by atoms with Gasteiger partial charge in [0, 0.05) is 36.2 Å². The summed E-state index contributed by atoms with van der Waals surface area (Å²) in [4.78, 5) is 8.04. The highest BCUT2D eigenvalue weighted by molar-refractivity contribution is 7.26. The Morgan fingerprint density at radius 3 is 1.04 bits per heavy atom. The number of hydrogen-bond donors (Lipinski definition) is 0. The Hall–Kier alpha value is -3.66. The first-order chi connectivity index (χ1) is 46.1. The zero-order chi connectivity index (χ0) is 65.5. The van der Waals surface area contributed by atoms with Crippen LogP contribution in [0.2, 0.25) is 0 Å². The highest BCUT2D eigenvalue weighted by atomic mass is 32.1. The van der Waals surface area contributed by atoms with Crippen LogP contribution in [0.5, 0.6) is 11.5 Å². The monoisotopic (exact) mass is 1390 g/mol. The van der Waals surface area contributed by atoms with E-state index in [0.29, 0.717) is 20.8 Å². The number of nitrogens with zero attached hydrogens (tertiary/aromatic N) is 4. The second-order valence-electron chi connectivity index (χ2n) is 28.2. The Labute approximate surface area is 589 Å². The van der Waals surface area contributed by atoms with E-state index in [2.05, 4.69) is 77.9 Å². The van der Waals surface area contributed by atoms with Crippen LogP contribution in [0.25, 0.3) is 72.9 Å². The standard InChI is InChI=1S/C80H112F2N4O2S6/c1-7-11-15-19-23-27-31-35-39-43-49-79(50-44-40-36-32-28-24-20-16-12-8-2)60-54-65(91-75(60)77-62(87-79)53-58(6)89-77)67-69(81)70(82)68(74-73(67)85-94-86-74)66-55-61-76(92-66)78-63(56-64(90-78)59-48-47-57(5)71-72(59)84-93-83-71)88-80(61,51-45-41-37-33-29-25-21-17-13-9-3)52-46-42-38-34-30-26-22-18-14-10-4/h47-48,53-56H,7-46,49-52H2,1-6H3. The predicted octanol–water partition coefficient (Wildman–Crippen LogP) is 29.6. The van der Waals surface area contributed by atoms with Gasteiger partial charge in [0.15, 0.2) is 11.6 Å². The zero-order valence-electron chi connectivity index (χ0n) is 58.4. The van der Waals surface area contributed by atoms with Crippen molar-refractivity contribution in [1.82, 2.24) is 17.5 Å². The molecule has 0 atom stereocenters. The maximum Gasteiger partial charge on any atom is 0.170 e. The van der Waals surface area contributed by atoms with Gasteiger partial charge in [-0.1, -0.05) is 271 Å². The topological polar surface area (TPSA) is 70.0 Å². The number of aromatic nitrogens is 4. The van der Waals surface area contributed by atoms with Crippen molar-refractivity contribution in [2.75, 3.05) is 0 Å². The fraction of sp³-hybridized carbons (Fsp3) is 0.650. The van der Waals surface area contributed by atoms with Gasteiger partial charge in [-0.2, -0.15) is 17.5 Å². The number of halogens is 2. The molecule has 2 aliphatic heterocycles. The van der Waals surface area contributed by atoms with E-state index in [1.807, 2.05) is 0 Å². The first kappa shape index (κ1) is 73.1. The maximum atomic E-state index is 18.3. The lowest BCUT2D eigenvalue weighted by atomic mass is 9.81. The number of hydrogen-bond acceptors (Lipinski definition) is 12. The zero-order valence-corrected chi connectivity index (χ0v) is 63.3. The van der Waals surface area contributed by atoms with Crippen LogP contribution in [0, 0.1) is 25.5 Å². The van der Waals surface area contributed by atoms with Crippen LogP contribution in [0.3, 0.4) is 0 Å². The van der Waals surface area contributed by atoms with Crippen molar-refractivity contribution in [1.29, 1.82) is 0 Å². The van der Waals surface area contributed by atoms with E-state index in [1.165, 1.54) is 235 Å². The van der Waals surface area contributed by atoms with Gasteiger partial charge in [0.05, 0.1) is 54.1 Å². The minimum absolute atomic E-state index is 0.209. The molecule has 6 aromatic heterocycles. The van der Waals surface area contributed by atoms with Crippen molar-refractivity contribution < 1.29 is 18.3 Å². The maximum absolute atomic E-state index is 18.3. The number of benzene rings is 2. The Morgan fingerprint density at radius 2 is 0.660 bits per heavy atom. The molecule has 6 nitrogen and oxygen atoms in total. The van der Waals surface area contributed by atoms with E-state index < -0.39 is 22.8 Å². The van der Waals surface area contributed by atoms with Crippen LogP contribution in [0.1, 0.15) is 332 Å². The van der Waals surface area contributed by atoms with Crippen molar-refractivity contribution in [2.24, 2.45) is 0 Å². The molecule has 8 heterocycles. The first-order valence-corrected chi connectivity index (χ1v) is 42.6. The number of rotatable bonds is 47. The molecule has 0 unspecified atom stereocenters. The van der Waals surface area contributed by atoms with Gasteiger partial charge in [0.2, 0.25) is 0 Å². The van der Waals surface area contributed by atoms with Gasteiger partial charge in [-0.05, 0) is 95.0 Å². The van der Waals surface area contributed by atoms with Crippen LogP contribution in [0.15, 0.2) is 36.4 Å². The molecule has 10 rings (SSSR count). The summed E-state index contributed by atoms with van der Waals surface area (Å²) >= 11 is 8.97. The lowest BCUT2D eigenvalue weighted by Crippen LogP contribution is -2.35. The quantitative estimate of drug-likeness (QED) is 0.0354. The third kappa shape index (κ3) is 18.4. The predicted molar refractivity (Wildman–Crippen MR) is 407 cm³/mol. The van der Waals surface area contributed by atoms with E-state index in [9.17, 15) is 0 Å². The van der Waals surface area contributed by atoms with Crippen LogP contribution >= 0.6 is 68.8 Å². The fourth-order valence-corrected chi connectivity index (χ4v) is 21.3. The summed E-state index contributed by atoms with van der Waals surface area (Å²) < 4.78 is 71.1. The molecule has 94 heavy (non-hydrogen) atoms. The average molecular weight is 1390 g/mol. The summed E-state index contributed by atoms with van der Waals surface area (Å²) in [5.74, 6) is 0.122. The highest BCUT2D eigenvalue weighted by Gasteiger charge is 2.46. The van der Waals surface area contributed by atoms with Crippen molar-refractivity contribution in [3.05, 3.63) is 69.6 Å². The van der Waals surface area contributed by atoms with Crippen LogP contribution in [0.4, 0.5) is 8.78 Å². The number of thiophene rings is 4. The van der Waals surface area contributed by atoms with E-state index in [1.54, 1.807) is 45.3 Å². The second-order valence-corrected chi connectivity index (χ2v) is 33.7. The summed E-state index contributed by atoms with van der Waals surface area (Å²) in [6.07, 6.45) is 54.0. The molecule has 0 radical (unpaired) electrons. The first-order valence-electron chi connectivity index (χ1n) is 37.9. The average Bonchev–Trinajstić information content (AvgIpc) is 1.56. The number of unbranched alkanes of at least 4 members (excludes halogenated alkanes) is 36. The van der Waals surface area contributed by atoms with Gasteiger partial charge >= 0.3 is 0 Å². The third-order valence-corrected chi connectivity index (χ3v) is 26.6. The lowest BCUT2D eigenvalue weighted by molar-refractivity contribution is 0.0395. The minimum Gasteiger partial charge on any atom is -0.481 e. The molecule has 0 fully saturated rings. The van der Waals surface area contributed by atoms with Crippen LogP contribution in [-0.2, 0) is 11.2 Å². The van der Waals surface area contributed by atoms with Crippen LogP contribution < -0.4 is 9.47 Å². The Kier molecular flexibility index (Phi) is 29.2. The summed E-state index contributed by atoms with van der Waals surface area (Å²) in [7, 11) is 0. The molecule has 514 valence electrons. The Balaban J connectivity index is 0.991. The molecule has 2 aliphatic rings. The molecule has 0 spiro atoms.